The molecular weight excluding hydrogens is 230 g/mol. The fraction of sp³-hybridized carbons (Fsp3) is 0.462. The minimum atomic E-state index is -0.931. The summed E-state index contributed by atoms with van der Waals surface area (Å²) in [5.74, 6) is -0.185. The van der Waals surface area contributed by atoms with Crippen molar-refractivity contribution in [2.45, 2.75) is 33.0 Å². The Morgan fingerprint density at radius 1 is 1.39 bits per heavy atom. The fourth-order valence-corrected chi connectivity index (χ4v) is 1.73. The van der Waals surface area contributed by atoms with Gasteiger partial charge in [0.25, 0.3) is 5.91 Å². The Balaban J connectivity index is 2.08. The lowest BCUT2D eigenvalue weighted by Crippen LogP contribution is -2.44. The second-order valence-electron chi connectivity index (χ2n) is 5.49. The van der Waals surface area contributed by atoms with Gasteiger partial charge >= 0.3 is 0 Å². The molecular formula is C13H19N3O2. The Bertz CT molecular complexity index is 444. The summed E-state index contributed by atoms with van der Waals surface area (Å²) in [7, 11) is 0. The summed E-state index contributed by atoms with van der Waals surface area (Å²) >= 11 is 0. The first kappa shape index (κ1) is 13.0. The third kappa shape index (κ3) is 2.25. The molecule has 5 heteroatoms. The summed E-state index contributed by atoms with van der Waals surface area (Å²) in [6, 6.07) is 7.44. The summed E-state index contributed by atoms with van der Waals surface area (Å²) in [6.45, 7) is 6.34. The minimum Gasteiger partial charge on any atom is -0.326 e. The van der Waals surface area contributed by atoms with Gasteiger partial charge in [0.15, 0.2) is 0 Å². The quantitative estimate of drug-likeness (QED) is 0.706. The highest BCUT2D eigenvalue weighted by atomic mass is 16.8. The van der Waals surface area contributed by atoms with Gasteiger partial charge in [0, 0.05) is 17.6 Å². The number of amides is 1. The molecule has 5 nitrogen and oxygen atoms in total. The second kappa shape index (κ2) is 4.35. The zero-order valence-electron chi connectivity index (χ0n) is 10.9. The smallest absolute Gasteiger partial charge is 0.276 e. The molecule has 0 radical (unpaired) electrons. The van der Waals surface area contributed by atoms with Gasteiger partial charge in [-0.25, -0.2) is 0 Å². The van der Waals surface area contributed by atoms with Gasteiger partial charge in [0.05, 0.1) is 0 Å². The standard InChI is InChI=1S/C13H19N3O2/c1-12(2,3)13(16-18-13)11(17)15-10-6-4-9(8-14)5-7-10/h4-7,16H,8,14H2,1-3H3,(H,15,17). The van der Waals surface area contributed by atoms with Crippen LogP contribution in [0.15, 0.2) is 24.3 Å². The van der Waals surface area contributed by atoms with Crippen molar-refractivity contribution in [1.82, 2.24) is 5.48 Å². The first-order valence-electron chi connectivity index (χ1n) is 5.95. The molecule has 4 N–H and O–H groups in total. The van der Waals surface area contributed by atoms with Crippen molar-refractivity contribution in [3.63, 3.8) is 0 Å². The summed E-state index contributed by atoms with van der Waals surface area (Å²) in [5.41, 5.74) is 8.74. The van der Waals surface area contributed by atoms with Crippen LogP contribution in [0.3, 0.4) is 0 Å². The maximum absolute atomic E-state index is 12.2. The van der Waals surface area contributed by atoms with Gasteiger partial charge in [-0.05, 0) is 17.7 Å². The van der Waals surface area contributed by atoms with E-state index in [0.29, 0.717) is 6.54 Å². The molecule has 1 saturated heterocycles. The van der Waals surface area contributed by atoms with E-state index >= 15 is 0 Å². The van der Waals surface area contributed by atoms with Gasteiger partial charge < -0.3 is 11.1 Å². The van der Waals surface area contributed by atoms with Crippen molar-refractivity contribution in [2.75, 3.05) is 5.32 Å². The number of hydrogen-bond acceptors (Lipinski definition) is 4. The Hall–Kier alpha value is -1.43. The molecule has 1 fully saturated rings. The first-order valence-corrected chi connectivity index (χ1v) is 5.95. The average molecular weight is 249 g/mol. The molecule has 1 unspecified atom stereocenters. The van der Waals surface area contributed by atoms with Crippen molar-refractivity contribution in [3.8, 4) is 0 Å². The van der Waals surface area contributed by atoms with E-state index in [1.165, 1.54) is 0 Å². The SMILES string of the molecule is CC(C)(C)C1(C(=O)Nc2ccc(CN)cc2)NO1. The van der Waals surface area contributed by atoms with Crippen molar-refractivity contribution in [1.29, 1.82) is 0 Å². The Morgan fingerprint density at radius 3 is 2.33 bits per heavy atom. The molecule has 1 heterocycles. The highest BCUT2D eigenvalue weighted by molar-refractivity contribution is 5.98. The number of nitrogens with one attached hydrogen (secondary N) is 2. The van der Waals surface area contributed by atoms with Gasteiger partial charge in [0.1, 0.15) is 0 Å². The van der Waals surface area contributed by atoms with Crippen molar-refractivity contribution >= 4 is 11.6 Å². The molecule has 0 spiro atoms. The van der Waals surface area contributed by atoms with Crippen LogP contribution in [-0.4, -0.2) is 11.6 Å². The first-order chi connectivity index (χ1) is 8.39. The number of benzene rings is 1. The predicted molar refractivity (Wildman–Crippen MR) is 69.4 cm³/mol. The van der Waals surface area contributed by atoms with Crippen LogP contribution >= 0.6 is 0 Å². The molecule has 0 aliphatic carbocycles. The van der Waals surface area contributed by atoms with Crippen LogP contribution in [-0.2, 0) is 16.2 Å². The second-order valence-corrected chi connectivity index (χ2v) is 5.49. The Labute approximate surface area is 107 Å². The third-order valence-electron chi connectivity index (χ3n) is 3.13. The Morgan fingerprint density at radius 2 is 1.94 bits per heavy atom. The van der Waals surface area contributed by atoms with E-state index in [-0.39, 0.29) is 11.3 Å². The van der Waals surface area contributed by atoms with Crippen LogP contribution in [0.2, 0.25) is 0 Å². The van der Waals surface area contributed by atoms with E-state index in [0.717, 1.165) is 11.3 Å². The number of nitrogens with two attached hydrogens (primary N) is 1. The lowest BCUT2D eigenvalue weighted by molar-refractivity contribution is -0.124. The molecule has 1 aliphatic rings. The van der Waals surface area contributed by atoms with Gasteiger partial charge in [0.2, 0.25) is 5.72 Å². The number of carbonyl (C=O) groups is 1. The summed E-state index contributed by atoms with van der Waals surface area (Å²) in [5, 5.41) is 2.84. The highest BCUT2D eigenvalue weighted by Crippen LogP contribution is 2.40. The van der Waals surface area contributed by atoms with E-state index in [9.17, 15) is 4.79 Å². The van der Waals surface area contributed by atoms with Gasteiger partial charge in [-0.15, -0.1) is 0 Å². The number of rotatable bonds is 3. The van der Waals surface area contributed by atoms with Crippen LogP contribution < -0.4 is 16.5 Å². The minimum absolute atomic E-state index is 0.185. The monoisotopic (exact) mass is 249 g/mol. The molecule has 1 aromatic carbocycles. The number of carbonyl (C=O) groups excluding carboxylic acids is 1. The average Bonchev–Trinajstić information content (AvgIpc) is 3.10. The Kier molecular flexibility index (Phi) is 3.14. The molecule has 2 rings (SSSR count). The van der Waals surface area contributed by atoms with Crippen LogP contribution in [0.1, 0.15) is 26.3 Å². The van der Waals surface area contributed by atoms with Crippen molar-refractivity contribution in [3.05, 3.63) is 29.8 Å². The van der Waals surface area contributed by atoms with Gasteiger partial charge in [-0.1, -0.05) is 32.9 Å². The van der Waals surface area contributed by atoms with Crippen molar-refractivity contribution in [2.24, 2.45) is 11.1 Å². The third-order valence-corrected chi connectivity index (χ3v) is 3.13. The predicted octanol–water partition coefficient (Wildman–Crippen LogP) is 1.36. The van der Waals surface area contributed by atoms with Gasteiger partial charge in [-0.3, -0.25) is 9.63 Å². The van der Waals surface area contributed by atoms with Crippen LogP contribution in [0.5, 0.6) is 0 Å². The topological polar surface area (TPSA) is 89.6 Å². The number of hydrogen-bond donors (Lipinski definition) is 3. The summed E-state index contributed by atoms with van der Waals surface area (Å²) < 4.78 is 0. The molecule has 18 heavy (non-hydrogen) atoms. The maximum atomic E-state index is 12.2. The lowest BCUT2D eigenvalue weighted by Gasteiger charge is -2.24. The van der Waals surface area contributed by atoms with E-state index in [1.807, 2.05) is 45.0 Å². The lowest BCUT2D eigenvalue weighted by atomic mass is 9.84. The zero-order valence-corrected chi connectivity index (χ0v) is 10.9. The molecule has 0 saturated carbocycles. The molecule has 1 atom stereocenters. The van der Waals surface area contributed by atoms with E-state index in [4.69, 9.17) is 10.6 Å². The molecule has 1 amide bonds. The van der Waals surface area contributed by atoms with E-state index in [2.05, 4.69) is 10.8 Å². The highest BCUT2D eigenvalue weighted by Gasteiger charge is 2.61. The van der Waals surface area contributed by atoms with E-state index in [1.54, 1.807) is 0 Å². The van der Waals surface area contributed by atoms with Crippen molar-refractivity contribution < 1.29 is 9.63 Å². The van der Waals surface area contributed by atoms with Crippen LogP contribution in [0.25, 0.3) is 0 Å². The molecule has 1 aliphatic heterocycles. The molecule has 0 bridgehead atoms. The van der Waals surface area contributed by atoms with Crippen LogP contribution in [0.4, 0.5) is 5.69 Å². The molecule has 1 aromatic rings. The van der Waals surface area contributed by atoms with Gasteiger partial charge in [-0.2, -0.15) is 5.48 Å². The normalized spacial score (nSPS) is 22.7. The van der Waals surface area contributed by atoms with Crippen LogP contribution in [0, 0.1) is 5.41 Å². The summed E-state index contributed by atoms with van der Waals surface area (Å²) in [6.07, 6.45) is 0. The zero-order chi connectivity index (χ0) is 13.4. The summed E-state index contributed by atoms with van der Waals surface area (Å²) in [4.78, 5) is 17.3. The fourth-order valence-electron chi connectivity index (χ4n) is 1.73. The number of hydroxylamine groups is 1. The number of anilines is 1. The maximum Gasteiger partial charge on any atom is 0.276 e. The molecule has 0 aromatic heterocycles. The molecule has 98 valence electrons. The largest absolute Gasteiger partial charge is 0.326 e. The van der Waals surface area contributed by atoms with E-state index < -0.39 is 5.72 Å².